The summed E-state index contributed by atoms with van der Waals surface area (Å²) in [5, 5.41) is 5.65. The van der Waals surface area contributed by atoms with E-state index in [1.807, 2.05) is 36.4 Å². The maximum atomic E-state index is 12.4. The monoisotopic (exact) mass is 390 g/mol. The first kappa shape index (κ1) is 20.0. The Kier molecular flexibility index (Phi) is 6.89. The lowest BCUT2D eigenvalue weighted by Gasteiger charge is -2.08. The first-order valence-electron chi connectivity index (χ1n) is 9.20. The predicted molar refractivity (Wildman–Crippen MR) is 109 cm³/mol. The third-order valence-electron chi connectivity index (χ3n) is 4.29. The molecule has 0 radical (unpaired) electrons. The molecule has 0 spiro atoms. The summed E-state index contributed by atoms with van der Waals surface area (Å²) in [4.78, 5) is 32.7. The number of hydrogen-bond acceptors (Lipinski definition) is 5. The van der Waals surface area contributed by atoms with Crippen LogP contribution in [0, 0.1) is 0 Å². The highest BCUT2D eigenvalue weighted by Gasteiger charge is 2.11. The van der Waals surface area contributed by atoms with E-state index in [0.29, 0.717) is 25.1 Å². The van der Waals surface area contributed by atoms with Crippen LogP contribution in [0.15, 0.2) is 67.1 Å². The lowest BCUT2D eigenvalue weighted by molar-refractivity contribution is 0.0946. The molecule has 3 rings (SSSR count). The number of aromatic nitrogens is 2. The molecule has 0 fully saturated rings. The number of ether oxygens (including phenoxy) is 1. The molecule has 0 atom stereocenters. The molecule has 0 aliphatic rings. The van der Waals surface area contributed by atoms with Gasteiger partial charge in [0.25, 0.3) is 11.8 Å². The summed E-state index contributed by atoms with van der Waals surface area (Å²) < 4.78 is 5.20. The van der Waals surface area contributed by atoms with Crippen LogP contribution in [0.1, 0.15) is 32.0 Å². The summed E-state index contributed by atoms with van der Waals surface area (Å²) in [7, 11) is 1.62. The van der Waals surface area contributed by atoms with E-state index in [-0.39, 0.29) is 17.5 Å². The first-order valence-corrected chi connectivity index (χ1v) is 9.20. The standard InChI is InChI=1S/C22H22N4O3/c1-29-19-4-2-3-16(13-19)7-11-25-21(27)18-8-12-24-20(14-18)22(28)26-15-17-5-9-23-10-6-17/h2-6,8-10,12-14H,7,11,15H2,1H3,(H,25,27)(H,26,28). The quantitative estimate of drug-likeness (QED) is 0.616. The zero-order chi connectivity index (χ0) is 20.5. The first-order chi connectivity index (χ1) is 14.2. The van der Waals surface area contributed by atoms with Gasteiger partial charge in [0.2, 0.25) is 0 Å². The Hall–Kier alpha value is -3.74. The SMILES string of the molecule is COc1cccc(CCNC(=O)c2ccnc(C(=O)NCc3ccncc3)c2)c1. The van der Waals surface area contributed by atoms with E-state index in [9.17, 15) is 9.59 Å². The molecule has 29 heavy (non-hydrogen) atoms. The van der Waals surface area contributed by atoms with E-state index in [1.54, 1.807) is 25.6 Å². The molecule has 0 saturated carbocycles. The van der Waals surface area contributed by atoms with E-state index < -0.39 is 0 Å². The third-order valence-corrected chi connectivity index (χ3v) is 4.29. The summed E-state index contributed by atoms with van der Waals surface area (Å²) in [6, 6.07) is 14.4. The number of amides is 2. The molecule has 0 aliphatic carbocycles. The van der Waals surface area contributed by atoms with Crippen molar-refractivity contribution in [3.63, 3.8) is 0 Å². The van der Waals surface area contributed by atoms with Crippen molar-refractivity contribution in [3.05, 3.63) is 89.5 Å². The maximum Gasteiger partial charge on any atom is 0.270 e. The van der Waals surface area contributed by atoms with Crippen molar-refractivity contribution < 1.29 is 14.3 Å². The van der Waals surface area contributed by atoms with Crippen molar-refractivity contribution in [3.8, 4) is 5.75 Å². The van der Waals surface area contributed by atoms with Crippen molar-refractivity contribution in [2.75, 3.05) is 13.7 Å². The summed E-state index contributed by atoms with van der Waals surface area (Å²) in [6.45, 7) is 0.831. The zero-order valence-corrected chi connectivity index (χ0v) is 16.1. The number of rotatable bonds is 8. The summed E-state index contributed by atoms with van der Waals surface area (Å²) >= 11 is 0. The average Bonchev–Trinajstić information content (AvgIpc) is 2.78. The molecule has 2 N–H and O–H groups in total. The Morgan fingerprint density at radius 2 is 1.76 bits per heavy atom. The number of nitrogens with zero attached hydrogens (tertiary/aromatic N) is 2. The second kappa shape index (κ2) is 9.98. The third kappa shape index (κ3) is 5.87. The van der Waals surface area contributed by atoms with Crippen molar-refractivity contribution in [1.82, 2.24) is 20.6 Å². The number of pyridine rings is 2. The summed E-state index contributed by atoms with van der Waals surface area (Å²) in [5.41, 5.74) is 2.58. The van der Waals surface area contributed by atoms with Crippen molar-refractivity contribution in [2.45, 2.75) is 13.0 Å². The molecule has 0 aliphatic heterocycles. The molecule has 7 heteroatoms. The van der Waals surface area contributed by atoms with Crippen molar-refractivity contribution in [1.29, 1.82) is 0 Å². The molecular formula is C22H22N4O3. The van der Waals surface area contributed by atoms with E-state index in [4.69, 9.17) is 4.74 Å². The van der Waals surface area contributed by atoms with Gasteiger partial charge in [-0.05, 0) is 53.9 Å². The van der Waals surface area contributed by atoms with Gasteiger partial charge in [0.15, 0.2) is 0 Å². The number of carbonyl (C=O) groups is 2. The van der Waals surface area contributed by atoms with Crippen molar-refractivity contribution >= 4 is 11.8 Å². The second-order valence-corrected chi connectivity index (χ2v) is 6.33. The molecule has 7 nitrogen and oxygen atoms in total. The van der Waals surface area contributed by atoms with Crippen LogP contribution in [0.4, 0.5) is 0 Å². The van der Waals surface area contributed by atoms with Gasteiger partial charge in [0.1, 0.15) is 11.4 Å². The lowest BCUT2D eigenvalue weighted by Crippen LogP contribution is -2.27. The smallest absolute Gasteiger partial charge is 0.270 e. The topological polar surface area (TPSA) is 93.2 Å². The number of methoxy groups -OCH3 is 1. The number of hydrogen-bond donors (Lipinski definition) is 2. The number of nitrogens with one attached hydrogen (secondary N) is 2. The molecule has 2 amide bonds. The van der Waals surface area contributed by atoms with Gasteiger partial charge in [-0.25, -0.2) is 0 Å². The van der Waals surface area contributed by atoms with Crippen LogP contribution in [-0.4, -0.2) is 35.4 Å². The fraction of sp³-hybridized carbons (Fsp3) is 0.182. The molecule has 148 valence electrons. The van der Waals surface area contributed by atoms with Gasteiger partial charge in [-0.3, -0.25) is 19.6 Å². The molecule has 2 aromatic heterocycles. The minimum atomic E-state index is -0.340. The van der Waals surface area contributed by atoms with Crippen LogP contribution in [-0.2, 0) is 13.0 Å². The summed E-state index contributed by atoms with van der Waals surface area (Å²) in [5.74, 6) is 0.191. The van der Waals surface area contributed by atoms with Crippen LogP contribution in [0.5, 0.6) is 5.75 Å². The number of carbonyl (C=O) groups excluding carboxylic acids is 2. The van der Waals surface area contributed by atoms with Gasteiger partial charge < -0.3 is 15.4 Å². The molecule has 3 aromatic rings. The van der Waals surface area contributed by atoms with Crippen LogP contribution < -0.4 is 15.4 Å². The fourth-order valence-electron chi connectivity index (χ4n) is 2.72. The Labute approximate surface area is 169 Å². The van der Waals surface area contributed by atoms with Gasteiger partial charge in [-0.1, -0.05) is 12.1 Å². The Balaban J connectivity index is 1.53. The van der Waals surface area contributed by atoms with Gasteiger partial charge >= 0.3 is 0 Å². The van der Waals surface area contributed by atoms with Gasteiger partial charge in [-0.2, -0.15) is 0 Å². The second-order valence-electron chi connectivity index (χ2n) is 6.33. The average molecular weight is 390 g/mol. The Morgan fingerprint density at radius 1 is 0.931 bits per heavy atom. The molecule has 1 aromatic carbocycles. The molecule has 0 bridgehead atoms. The minimum Gasteiger partial charge on any atom is -0.497 e. The largest absolute Gasteiger partial charge is 0.497 e. The van der Waals surface area contributed by atoms with Crippen LogP contribution in [0.2, 0.25) is 0 Å². The van der Waals surface area contributed by atoms with Crippen LogP contribution >= 0.6 is 0 Å². The Bertz CT molecular complexity index is 977. The normalized spacial score (nSPS) is 10.2. The van der Waals surface area contributed by atoms with Gasteiger partial charge in [0, 0.05) is 37.2 Å². The fourth-order valence-corrected chi connectivity index (χ4v) is 2.72. The molecule has 2 heterocycles. The number of benzene rings is 1. The highest BCUT2D eigenvalue weighted by Crippen LogP contribution is 2.12. The molecule has 0 saturated heterocycles. The Morgan fingerprint density at radius 3 is 2.55 bits per heavy atom. The van der Waals surface area contributed by atoms with E-state index in [2.05, 4.69) is 20.6 Å². The van der Waals surface area contributed by atoms with Gasteiger partial charge in [0.05, 0.1) is 7.11 Å². The highest BCUT2D eigenvalue weighted by atomic mass is 16.5. The van der Waals surface area contributed by atoms with Gasteiger partial charge in [-0.15, -0.1) is 0 Å². The summed E-state index contributed by atoms with van der Waals surface area (Å²) in [6.07, 6.45) is 5.46. The van der Waals surface area contributed by atoms with Crippen molar-refractivity contribution in [2.24, 2.45) is 0 Å². The predicted octanol–water partition coefficient (Wildman–Crippen LogP) is 2.39. The minimum absolute atomic E-state index is 0.194. The van der Waals surface area contributed by atoms with Crippen LogP contribution in [0.3, 0.4) is 0 Å². The maximum absolute atomic E-state index is 12.4. The van der Waals surface area contributed by atoms with E-state index >= 15 is 0 Å². The lowest BCUT2D eigenvalue weighted by atomic mass is 10.1. The van der Waals surface area contributed by atoms with E-state index in [0.717, 1.165) is 16.9 Å². The molecule has 0 unspecified atom stereocenters. The van der Waals surface area contributed by atoms with E-state index in [1.165, 1.54) is 12.3 Å². The van der Waals surface area contributed by atoms with Crippen LogP contribution in [0.25, 0.3) is 0 Å². The highest BCUT2D eigenvalue weighted by molar-refractivity contribution is 5.98. The zero-order valence-electron chi connectivity index (χ0n) is 16.1. The molecular weight excluding hydrogens is 368 g/mol.